The zero-order valence-electron chi connectivity index (χ0n) is 10.8. The van der Waals surface area contributed by atoms with E-state index in [-0.39, 0.29) is 22.4 Å². The van der Waals surface area contributed by atoms with Crippen LogP contribution < -0.4 is 0 Å². The van der Waals surface area contributed by atoms with Gasteiger partial charge in [-0.3, -0.25) is 0 Å². The van der Waals surface area contributed by atoms with E-state index in [9.17, 15) is 0 Å². The molecule has 0 aliphatic carbocycles. The Bertz CT molecular complexity index is 518. The van der Waals surface area contributed by atoms with E-state index < -0.39 is 5.09 Å². The fourth-order valence-electron chi connectivity index (χ4n) is 1.80. The summed E-state index contributed by atoms with van der Waals surface area (Å²) in [6.07, 6.45) is 0. The molecule has 1 aromatic carbocycles. The summed E-state index contributed by atoms with van der Waals surface area (Å²) in [6.45, 7) is 2.85. The average molecular weight is 386 g/mol. The number of hydrogen-bond donors (Lipinski definition) is 0. The molecule has 1 aromatic rings. The molecule has 0 unspecified atom stereocenters. The molecular formula is C12H12AgN3O5. The summed E-state index contributed by atoms with van der Waals surface area (Å²) in [5, 5.41) is 14.8. The van der Waals surface area contributed by atoms with Gasteiger partial charge < -0.3 is 24.8 Å². The Morgan fingerprint density at radius 3 is 1.76 bits per heavy atom. The average Bonchev–Trinajstić information content (AvgIpc) is 3.12. The Kier molecular flexibility index (Phi) is 6.86. The van der Waals surface area contributed by atoms with Gasteiger partial charge in [0.05, 0.1) is 18.2 Å². The smallest absolute Gasteiger partial charge is 0.476 e. The van der Waals surface area contributed by atoms with Crippen molar-refractivity contribution >= 4 is 11.8 Å². The Labute approximate surface area is 136 Å². The molecule has 0 bridgehead atoms. The molecule has 0 fully saturated rings. The molecule has 8 nitrogen and oxygen atoms in total. The number of ether oxygens (including phenoxy) is 2. The molecule has 0 saturated heterocycles. The largest absolute Gasteiger partial charge is 1.00 e. The monoisotopic (exact) mass is 385 g/mol. The first-order chi connectivity index (χ1) is 9.66. The number of nitrogens with zero attached hydrogens (tertiary/aromatic N) is 3. The topological polar surface area (TPSA) is 109 Å². The number of aliphatic imine (C=N–C) groups is 2. The standard InChI is InChI=1S/C12H12N2O2.Ag.NO3/c1-2-9(11-13-4-6-15-11)8-10(3-1)12-14-5-7-16-12;;2-1(3)4/h1-3,8H,4-7H2;;/q;+1;-1. The van der Waals surface area contributed by atoms with Gasteiger partial charge in [0.25, 0.3) is 0 Å². The molecule has 9 heteroatoms. The van der Waals surface area contributed by atoms with Crippen molar-refractivity contribution in [1.29, 1.82) is 0 Å². The Morgan fingerprint density at radius 2 is 1.43 bits per heavy atom. The van der Waals surface area contributed by atoms with Crippen LogP contribution in [0.5, 0.6) is 0 Å². The van der Waals surface area contributed by atoms with Gasteiger partial charge in [0.2, 0.25) is 11.8 Å². The van der Waals surface area contributed by atoms with Crippen molar-refractivity contribution in [3.05, 3.63) is 50.7 Å². The third-order valence-corrected chi connectivity index (χ3v) is 2.53. The summed E-state index contributed by atoms with van der Waals surface area (Å²) >= 11 is 0. The second-order valence-corrected chi connectivity index (χ2v) is 3.88. The predicted octanol–water partition coefficient (Wildman–Crippen LogP) is 0.999. The Balaban J connectivity index is 0.000000397. The molecule has 3 rings (SSSR count). The van der Waals surface area contributed by atoms with Crippen molar-refractivity contribution in [1.82, 2.24) is 0 Å². The third kappa shape index (κ3) is 5.18. The van der Waals surface area contributed by atoms with Crippen molar-refractivity contribution in [2.24, 2.45) is 9.98 Å². The van der Waals surface area contributed by atoms with Crippen LogP contribution in [-0.4, -0.2) is 43.2 Å². The van der Waals surface area contributed by atoms with Crippen LogP contribution in [0.15, 0.2) is 34.3 Å². The normalized spacial score (nSPS) is 15.4. The van der Waals surface area contributed by atoms with Crippen LogP contribution in [0.4, 0.5) is 0 Å². The Morgan fingerprint density at radius 1 is 1.00 bits per heavy atom. The molecule has 2 heterocycles. The van der Waals surface area contributed by atoms with Crippen molar-refractivity contribution in [3.63, 3.8) is 0 Å². The predicted molar refractivity (Wildman–Crippen MR) is 71.5 cm³/mol. The summed E-state index contributed by atoms with van der Waals surface area (Å²) in [7, 11) is 0. The minimum atomic E-state index is -1.75. The second kappa shape index (κ2) is 8.40. The number of rotatable bonds is 2. The second-order valence-electron chi connectivity index (χ2n) is 3.88. The molecule has 116 valence electrons. The molecular weight excluding hydrogens is 374 g/mol. The van der Waals surface area contributed by atoms with Crippen molar-refractivity contribution in [3.8, 4) is 0 Å². The number of benzene rings is 1. The first kappa shape index (κ1) is 17.2. The third-order valence-electron chi connectivity index (χ3n) is 2.53. The summed E-state index contributed by atoms with van der Waals surface area (Å²) in [5.41, 5.74) is 1.99. The van der Waals surface area contributed by atoms with Crippen molar-refractivity contribution in [2.45, 2.75) is 0 Å². The first-order valence-corrected chi connectivity index (χ1v) is 5.93. The molecule has 0 spiro atoms. The van der Waals surface area contributed by atoms with Crippen LogP contribution in [-0.2, 0) is 31.9 Å². The van der Waals surface area contributed by atoms with Crippen LogP contribution in [0.2, 0.25) is 0 Å². The SMILES string of the molecule is O=[N+]([O-])[O-].[Ag+].c1cc(C2=NCCO2)cc(C2=NCCO2)c1. The molecule has 21 heavy (non-hydrogen) atoms. The molecule has 2 aliphatic rings. The van der Waals surface area contributed by atoms with E-state index in [1.54, 1.807) is 0 Å². The molecule has 0 N–H and O–H groups in total. The summed E-state index contributed by atoms with van der Waals surface area (Å²) in [6, 6.07) is 7.96. The van der Waals surface area contributed by atoms with Gasteiger partial charge >= 0.3 is 22.4 Å². The maximum absolute atomic E-state index is 8.25. The van der Waals surface area contributed by atoms with Crippen LogP contribution in [0.1, 0.15) is 11.1 Å². The number of hydrogen-bond acceptors (Lipinski definition) is 7. The quantitative estimate of drug-likeness (QED) is 0.428. The van der Waals surface area contributed by atoms with Gasteiger partial charge in [-0.25, -0.2) is 9.98 Å². The van der Waals surface area contributed by atoms with E-state index >= 15 is 0 Å². The fraction of sp³-hybridized carbons (Fsp3) is 0.333. The summed E-state index contributed by atoms with van der Waals surface area (Å²) in [5.74, 6) is 1.45. The zero-order chi connectivity index (χ0) is 14.4. The maximum atomic E-state index is 8.25. The van der Waals surface area contributed by atoms with Crippen LogP contribution in [0, 0.1) is 15.3 Å². The molecule has 0 aromatic heterocycles. The van der Waals surface area contributed by atoms with E-state index in [2.05, 4.69) is 9.98 Å². The van der Waals surface area contributed by atoms with Crippen LogP contribution in [0.3, 0.4) is 0 Å². The van der Waals surface area contributed by atoms with Gasteiger partial charge in [-0.05, 0) is 18.2 Å². The molecule has 0 atom stereocenters. The summed E-state index contributed by atoms with van der Waals surface area (Å²) < 4.78 is 10.9. The fourth-order valence-corrected chi connectivity index (χ4v) is 1.80. The first-order valence-electron chi connectivity index (χ1n) is 5.93. The Hall–Kier alpha value is -1.90. The zero-order valence-corrected chi connectivity index (χ0v) is 12.3. The van der Waals surface area contributed by atoms with E-state index in [4.69, 9.17) is 24.8 Å². The van der Waals surface area contributed by atoms with E-state index in [0.29, 0.717) is 13.2 Å². The molecule has 0 radical (unpaired) electrons. The summed E-state index contributed by atoms with van der Waals surface area (Å²) in [4.78, 5) is 16.8. The van der Waals surface area contributed by atoms with Crippen molar-refractivity contribution in [2.75, 3.05) is 26.3 Å². The van der Waals surface area contributed by atoms with Crippen LogP contribution in [0.25, 0.3) is 0 Å². The molecule has 0 saturated carbocycles. The maximum Gasteiger partial charge on any atom is 1.00 e. The van der Waals surface area contributed by atoms with Gasteiger partial charge in [0.1, 0.15) is 13.2 Å². The minimum absolute atomic E-state index is 0. The van der Waals surface area contributed by atoms with Gasteiger partial charge in [-0.2, -0.15) is 0 Å². The van der Waals surface area contributed by atoms with E-state index in [1.165, 1.54) is 0 Å². The van der Waals surface area contributed by atoms with Crippen LogP contribution >= 0.6 is 0 Å². The van der Waals surface area contributed by atoms with Gasteiger partial charge in [-0.15, -0.1) is 0 Å². The van der Waals surface area contributed by atoms with Gasteiger partial charge in [0, 0.05) is 11.1 Å². The molecule has 2 aliphatic heterocycles. The van der Waals surface area contributed by atoms with E-state index in [0.717, 1.165) is 36.0 Å². The minimum Gasteiger partial charge on any atom is -0.476 e. The van der Waals surface area contributed by atoms with Gasteiger partial charge in [0.15, 0.2) is 0 Å². The van der Waals surface area contributed by atoms with Gasteiger partial charge in [-0.1, -0.05) is 6.07 Å². The van der Waals surface area contributed by atoms with E-state index in [1.807, 2.05) is 24.3 Å². The molecule has 0 amide bonds. The van der Waals surface area contributed by atoms with Crippen molar-refractivity contribution < 1.29 is 36.9 Å².